The predicted molar refractivity (Wildman–Crippen MR) is 69.5 cm³/mol. The Balaban J connectivity index is 2.11. The largest absolute Gasteiger partial charge is 0.284 e. The Morgan fingerprint density at radius 1 is 1.16 bits per heavy atom. The summed E-state index contributed by atoms with van der Waals surface area (Å²) in [5.41, 5.74) is 0.514. The highest BCUT2D eigenvalue weighted by Gasteiger charge is 2.37. The number of aromatic nitrogens is 1. The molecule has 0 radical (unpaired) electrons. The molecule has 2 amide bonds. The third-order valence-electron chi connectivity index (χ3n) is 2.81. The molecule has 0 aliphatic carbocycles. The van der Waals surface area contributed by atoms with E-state index in [0.717, 1.165) is 11.0 Å². The number of fused-ring (bicyclic) bond motifs is 1. The van der Waals surface area contributed by atoms with Crippen molar-refractivity contribution in [2.75, 3.05) is 4.90 Å². The van der Waals surface area contributed by atoms with Crippen LogP contribution in [0.3, 0.4) is 0 Å². The van der Waals surface area contributed by atoms with E-state index in [1.807, 2.05) is 0 Å². The van der Waals surface area contributed by atoms with Gasteiger partial charge in [-0.15, -0.1) is 0 Å². The van der Waals surface area contributed by atoms with E-state index in [-0.39, 0.29) is 21.4 Å². The van der Waals surface area contributed by atoms with Crippen molar-refractivity contribution < 1.29 is 14.0 Å². The Labute approximate surface area is 116 Å². The van der Waals surface area contributed by atoms with Crippen molar-refractivity contribution in [3.05, 3.63) is 58.1 Å². The fourth-order valence-corrected chi connectivity index (χ4v) is 2.17. The summed E-state index contributed by atoms with van der Waals surface area (Å²) < 4.78 is 13.8. The molecule has 0 unspecified atom stereocenters. The number of halogens is 2. The molecule has 2 heterocycles. The lowest BCUT2D eigenvalue weighted by molar-refractivity contribution is 0.0924. The molecule has 0 saturated carbocycles. The van der Waals surface area contributed by atoms with Gasteiger partial charge in [0.25, 0.3) is 11.8 Å². The van der Waals surface area contributed by atoms with Crippen LogP contribution >= 0.6 is 15.9 Å². The van der Waals surface area contributed by atoms with Crippen LogP contribution in [-0.2, 0) is 0 Å². The van der Waals surface area contributed by atoms with Crippen LogP contribution in [0.25, 0.3) is 0 Å². The second kappa shape index (κ2) is 4.24. The van der Waals surface area contributed by atoms with Gasteiger partial charge in [0, 0.05) is 6.20 Å². The number of anilines is 1. The zero-order valence-corrected chi connectivity index (χ0v) is 11.0. The van der Waals surface area contributed by atoms with Crippen LogP contribution in [0.4, 0.5) is 10.1 Å². The van der Waals surface area contributed by atoms with E-state index in [9.17, 15) is 14.0 Å². The van der Waals surface area contributed by atoms with E-state index in [4.69, 9.17) is 0 Å². The van der Waals surface area contributed by atoms with Crippen LogP contribution in [0, 0.1) is 5.82 Å². The summed E-state index contributed by atoms with van der Waals surface area (Å²) in [6.45, 7) is 0. The quantitative estimate of drug-likeness (QED) is 0.759. The maximum atomic E-state index is 13.5. The van der Waals surface area contributed by atoms with Gasteiger partial charge >= 0.3 is 0 Å². The van der Waals surface area contributed by atoms with E-state index in [1.54, 1.807) is 6.07 Å². The molecule has 94 valence electrons. The molecule has 19 heavy (non-hydrogen) atoms. The van der Waals surface area contributed by atoms with E-state index >= 15 is 0 Å². The molecular weight excluding hydrogens is 315 g/mol. The summed E-state index contributed by atoms with van der Waals surface area (Å²) in [7, 11) is 0. The summed E-state index contributed by atoms with van der Waals surface area (Å²) in [4.78, 5) is 29.1. The molecule has 0 spiro atoms. The first-order valence-corrected chi connectivity index (χ1v) is 6.18. The average Bonchev–Trinajstić information content (AvgIpc) is 2.66. The van der Waals surface area contributed by atoms with Gasteiger partial charge in [0.05, 0.1) is 15.7 Å². The Hall–Kier alpha value is -2.08. The van der Waals surface area contributed by atoms with E-state index in [2.05, 4.69) is 20.9 Å². The van der Waals surface area contributed by atoms with Crippen molar-refractivity contribution in [1.29, 1.82) is 0 Å². The molecule has 4 nitrogen and oxygen atoms in total. The minimum absolute atomic E-state index is 0.0934. The highest BCUT2D eigenvalue weighted by atomic mass is 79.9. The zero-order chi connectivity index (χ0) is 13.6. The van der Waals surface area contributed by atoms with Gasteiger partial charge in [0.1, 0.15) is 11.5 Å². The second-order valence-corrected chi connectivity index (χ2v) is 4.80. The Morgan fingerprint density at radius 2 is 1.95 bits per heavy atom. The predicted octanol–water partition coefficient (Wildman–Crippen LogP) is 2.78. The number of nitrogens with zero attached hydrogens (tertiary/aromatic N) is 2. The van der Waals surface area contributed by atoms with Gasteiger partial charge in [-0.3, -0.25) is 14.6 Å². The van der Waals surface area contributed by atoms with Crippen LogP contribution in [0.1, 0.15) is 20.8 Å². The van der Waals surface area contributed by atoms with Crippen LogP contribution in [-0.4, -0.2) is 16.8 Å². The standard InChI is InChI=1S/C13H6BrFN2O2/c14-9-4-3-7(6-10(9)15)17-12(18)8-2-1-5-16-11(8)13(17)19/h1-6H. The minimum Gasteiger partial charge on any atom is -0.268 e. The van der Waals surface area contributed by atoms with E-state index in [1.165, 1.54) is 24.4 Å². The van der Waals surface area contributed by atoms with Gasteiger partial charge in [0.2, 0.25) is 0 Å². The van der Waals surface area contributed by atoms with Crippen LogP contribution in [0.5, 0.6) is 0 Å². The van der Waals surface area contributed by atoms with Gasteiger partial charge in [-0.2, -0.15) is 0 Å². The van der Waals surface area contributed by atoms with Crippen molar-refractivity contribution in [2.45, 2.75) is 0 Å². The molecule has 0 saturated heterocycles. The van der Waals surface area contributed by atoms with Crippen molar-refractivity contribution in [3.8, 4) is 0 Å². The number of benzene rings is 1. The normalized spacial score (nSPS) is 13.9. The first-order chi connectivity index (χ1) is 9.09. The number of imide groups is 1. The molecule has 3 rings (SSSR count). The van der Waals surface area contributed by atoms with E-state index < -0.39 is 17.6 Å². The molecule has 0 bridgehead atoms. The molecular formula is C13H6BrFN2O2. The van der Waals surface area contributed by atoms with Crippen molar-refractivity contribution >= 4 is 33.4 Å². The van der Waals surface area contributed by atoms with Gasteiger partial charge in [0.15, 0.2) is 0 Å². The van der Waals surface area contributed by atoms with Gasteiger partial charge in [-0.25, -0.2) is 9.29 Å². The molecule has 0 N–H and O–H groups in total. The number of rotatable bonds is 1. The highest BCUT2D eigenvalue weighted by Crippen LogP contribution is 2.29. The molecule has 6 heteroatoms. The number of hydrogen-bond acceptors (Lipinski definition) is 3. The minimum atomic E-state index is -0.540. The Morgan fingerprint density at radius 3 is 2.63 bits per heavy atom. The zero-order valence-electron chi connectivity index (χ0n) is 9.43. The Bertz CT molecular complexity index is 683. The number of carbonyl (C=O) groups excluding carboxylic acids is 2. The molecule has 2 aromatic rings. The molecule has 0 atom stereocenters. The van der Waals surface area contributed by atoms with E-state index in [0.29, 0.717) is 0 Å². The third-order valence-corrected chi connectivity index (χ3v) is 3.45. The van der Waals surface area contributed by atoms with Gasteiger partial charge in [-0.05, 0) is 46.3 Å². The average molecular weight is 321 g/mol. The molecule has 0 fully saturated rings. The third kappa shape index (κ3) is 1.76. The Kier molecular flexibility index (Phi) is 2.67. The summed E-state index contributed by atoms with van der Waals surface area (Å²) >= 11 is 3.02. The lowest BCUT2D eigenvalue weighted by Crippen LogP contribution is -2.29. The van der Waals surface area contributed by atoms with Gasteiger partial charge < -0.3 is 0 Å². The second-order valence-electron chi connectivity index (χ2n) is 3.94. The number of amides is 2. The van der Waals surface area contributed by atoms with Crippen LogP contribution in [0.15, 0.2) is 41.0 Å². The molecule has 1 aromatic carbocycles. The summed E-state index contributed by atoms with van der Waals surface area (Å²) in [5.74, 6) is -1.57. The first-order valence-electron chi connectivity index (χ1n) is 5.38. The first kappa shape index (κ1) is 12.0. The van der Waals surface area contributed by atoms with Crippen molar-refractivity contribution in [2.24, 2.45) is 0 Å². The van der Waals surface area contributed by atoms with Crippen LogP contribution in [0.2, 0.25) is 0 Å². The van der Waals surface area contributed by atoms with Gasteiger partial charge in [-0.1, -0.05) is 0 Å². The lowest BCUT2D eigenvalue weighted by atomic mass is 10.2. The summed E-state index contributed by atoms with van der Waals surface area (Å²) in [6, 6.07) is 7.18. The smallest absolute Gasteiger partial charge is 0.268 e. The van der Waals surface area contributed by atoms with Crippen molar-refractivity contribution in [1.82, 2.24) is 4.98 Å². The number of hydrogen-bond donors (Lipinski definition) is 0. The monoisotopic (exact) mass is 320 g/mol. The maximum absolute atomic E-state index is 13.5. The topological polar surface area (TPSA) is 50.3 Å². The fourth-order valence-electron chi connectivity index (χ4n) is 1.93. The molecule has 1 aliphatic rings. The maximum Gasteiger partial charge on any atom is 0.284 e. The summed E-state index contributed by atoms with van der Waals surface area (Å²) in [5, 5.41) is 0. The lowest BCUT2D eigenvalue weighted by Gasteiger charge is -2.13. The van der Waals surface area contributed by atoms with Crippen molar-refractivity contribution in [3.63, 3.8) is 0 Å². The molecule has 1 aliphatic heterocycles. The number of carbonyl (C=O) groups is 2. The SMILES string of the molecule is O=C1c2cccnc2C(=O)N1c1ccc(Br)c(F)c1. The molecule has 1 aromatic heterocycles. The number of pyridine rings is 1. The fraction of sp³-hybridized carbons (Fsp3) is 0. The van der Waals surface area contributed by atoms with Crippen LogP contribution < -0.4 is 4.90 Å². The summed E-state index contributed by atoms with van der Waals surface area (Å²) in [6.07, 6.45) is 1.44. The highest BCUT2D eigenvalue weighted by molar-refractivity contribution is 9.10.